The van der Waals surface area contributed by atoms with Crippen LogP contribution >= 0.6 is 15.9 Å². The fourth-order valence-electron chi connectivity index (χ4n) is 1.49. The molecule has 2 atom stereocenters. The molecule has 5 nitrogen and oxygen atoms in total. The van der Waals surface area contributed by atoms with E-state index in [-0.39, 0.29) is 11.1 Å². The summed E-state index contributed by atoms with van der Waals surface area (Å²) in [6.07, 6.45) is -8.93. The van der Waals surface area contributed by atoms with Gasteiger partial charge in [-0.3, -0.25) is 0 Å². The van der Waals surface area contributed by atoms with Crippen molar-refractivity contribution >= 4 is 21.9 Å². The number of aliphatic hydroxyl groups is 2. The molecule has 0 spiro atoms. The molecule has 1 aromatic carbocycles. The van der Waals surface area contributed by atoms with Crippen molar-refractivity contribution in [3.63, 3.8) is 0 Å². The molecule has 21 heavy (non-hydrogen) atoms. The number of carbonyl (C=O) groups is 1. The van der Waals surface area contributed by atoms with Crippen molar-refractivity contribution in [3.8, 4) is 5.75 Å². The molecule has 9 heteroatoms. The first-order valence-electron chi connectivity index (χ1n) is 5.73. The molecule has 0 saturated carbocycles. The third-order valence-corrected chi connectivity index (χ3v) is 2.84. The van der Waals surface area contributed by atoms with Crippen molar-refractivity contribution in [1.29, 1.82) is 0 Å². The second kappa shape index (κ2) is 7.10. The van der Waals surface area contributed by atoms with E-state index in [4.69, 9.17) is 0 Å². The first kappa shape index (κ1) is 17.7. The SMILES string of the molecule is CCOC(=O)C(O)C(O)c1ccc(Br)cc1OC(F)(F)F. The van der Waals surface area contributed by atoms with E-state index in [1.165, 1.54) is 13.0 Å². The highest BCUT2D eigenvalue weighted by Gasteiger charge is 2.35. The van der Waals surface area contributed by atoms with Crippen LogP contribution in [0, 0.1) is 0 Å². The first-order chi connectivity index (χ1) is 9.65. The quantitative estimate of drug-likeness (QED) is 0.775. The molecule has 0 radical (unpaired) electrons. The summed E-state index contributed by atoms with van der Waals surface area (Å²) >= 11 is 2.96. The van der Waals surface area contributed by atoms with Crippen molar-refractivity contribution in [3.05, 3.63) is 28.2 Å². The third-order valence-electron chi connectivity index (χ3n) is 2.35. The van der Waals surface area contributed by atoms with Crippen molar-refractivity contribution in [2.45, 2.75) is 25.5 Å². The Labute approximate surface area is 126 Å². The molecule has 0 aliphatic heterocycles. The van der Waals surface area contributed by atoms with E-state index in [0.717, 1.165) is 12.1 Å². The maximum Gasteiger partial charge on any atom is 0.573 e. The lowest BCUT2D eigenvalue weighted by atomic mass is 10.0. The second-order valence-corrected chi connectivity index (χ2v) is 4.79. The minimum atomic E-state index is -4.98. The number of aliphatic hydroxyl groups excluding tert-OH is 2. The number of rotatable bonds is 5. The highest BCUT2D eigenvalue weighted by molar-refractivity contribution is 9.10. The van der Waals surface area contributed by atoms with Crippen LogP contribution in [0.2, 0.25) is 0 Å². The molecule has 0 aliphatic rings. The average Bonchev–Trinajstić information content (AvgIpc) is 2.35. The predicted octanol–water partition coefficient (Wildman–Crippen LogP) is 2.31. The molecular weight excluding hydrogens is 361 g/mol. The van der Waals surface area contributed by atoms with Gasteiger partial charge < -0.3 is 19.7 Å². The van der Waals surface area contributed by atoms with Gasteiger partial charge in [-0.1, -0.05) is 22.0 Å². The predicted molar refractivity (Wildman–Crippen MR) is 68.4 cm³/mol. The molecule has 1 rings (SSSR count). The Balaban J connectivity index is 3.08. The molecule has 0 fully saturated rings. The highest BCUT2D eigenvalue weighted by Crippen LogP contribution is 2.34. The van der Waals surface area contributed by atoms with E-state index in [9.17, 15) is 28.2 Å². The Morgan fingerprint density at radius 3 is 2.52 bits per heavy atom. The number of hydrogen-bond acceptors (Lipinski definition) is 5. The first-order valence-corrected chi connectivity index (χ1v) is 6.53. The van der Waals surface area contributed by atoms with Gasteiger partial charge in [-0.15, -0.1) is 13.2 Å². The van der Waals surface area contributed by atoms with Gasteiger partial charge in [-0.05, 0) is 19.1 Å². The number of hydrogen-bond donors (Lipinski definition) is 2. The van der Waals surface area contributed by atoms with Gasteiger partial charge in [0.1, 0.15) is 11.9 Å². The summed E-state index contributed by atoms with van der Waals surface area (Å²) < 4.78 is 45.5. The van der Waals surface area contributed by atoms with E-state index >= 15 is 0 Å². The average molecular weight is 373 g/mol. The van der Waals surface area contributed by atoms with Gasteiger partial charge in [0.05, 0.1) is 6.61 Å². The maximum absolute atomic E-state index is 12.3. The number of carbonyl (C=O) groups excluding carboxylic acids is 1. The topological polar surface area (TPSA) is 76.0 Å². The van der Waals surface area contributed by atoms with Gasteiger partial charge in [0.2, 0.25) is 0 Å². The number of esters is 1. The molecule has 2 N–H and O–H groups in total. The molecule has 118 valence electrons. The Hall–Kier alpha value is -1.32. The lowest BCUT2D eigenvalue weighted by Gasteiger charge is -2.20. The summed E-state index contributed by atoms with van der Waals surface area (Å²) in [5.41, 5.74) is -0.393. The van der Waals surface area contributed by atoms with Crippen molar-refractivity contribution in [2.24, 2.45) is 0 Å². The number of halogens is 4. The van der Waals surface area contributed by atoms with E-state index in [1.807, 2.05) is 0 Å². The molecule has 2 unspecified atom stereocenters. The van der Waals surface area contributed by atoms with E-state index in [1.54, 1.807) is 0 Å². The van der Waals surface area contributed by atoms with Crippen LogP contribution in [0.4, 0.5) is 13.2 Å². The molecule has 0 amide bonds. The summed E-state index contributed by atoms with van der Waals surface area (Å²) in [6, 6.07) is 3.39. The van der Waals surface area contributed by atoms with Crippen LogP contribution in [-0.2, 0) is 9.53 Å². The van der Waals surface area contributed by atoms with E-state index < -0.39 is 35.9 Å². The zero-order chi connectivity index (χ0) is 16.2. The minimum Gasteiger partial charge on any atom is -0.464 e. The molecule has 0 bridgehead atoms. The number of ether oxygens (including phenoxy) is 2. The minimum absolute atomic E-state index is 0.0468. The Morgan fingerprint density at radius 2 is 2.00 bits per heavy atom. The summed E-state index contributed by atoms with van der Waals surface area (Å²) in [4.78, 5) is 11.3. The van der Waals surface area contributed by atoms with Gasteiger partial charge in [-0.25, -0.2) is 4.79 Å². The Kier molecular flexibility index (Phi) is 5.99. The lowest BCUT2D eigenvalue weighted by Crippen LogP contribution is -2.30. The largest absolute Gasteiger partial charge is 0.573 e. The molecule has 0 saturated heterocycles. The van der Waals surface area contributed by atoms with Gasteiger partial charge in [0.25, 0.3) is 0 Å². The summed E-state index contributed by atoms with van der Waals surface area (Å²) in [5.74, 6) is -1.88. The highest BCUT2D eigenvalue weighted by atomic mass is 79.9. The third kappa shape index (κ3) is 5.18. The smallest absolute Gasteiger partial charge is 0.464 e. The molecular formula is C12H12BrF3O5. The van der Waals surface area contributed by atoms with E-state index in [2.05, 4.69) is 25.4 Å². The van der Waals surface area contributed by atoms with Gasteiger partial charge in [-0.2, -0.15) is 0 Å². The van der Waals surface area contributed by atoms with Crippen molar-refractivity contribution in [2.75, 3.05) is 6.61 Å². The van der Waals surface area contributed by atoms with Gasteiger partial charge in [0, 0.05) is 10.0 Å². The normalized spacial score (nSPS) is 14.4. The van der Waals surface area contributed by atoms with Gasteiger partial charge in [0.15, 0.2) is 6.10 Å². The fourth-order valence-corrected chi connectivity index (χ4v) is 1.83. The lowest BCUT2D eigenvalue weighted by molar-refractivity contribution is -0.275. The van der Waals surface area contributed by atoms with Crippen LogP contribution in [0.25, 0.3) is 0 Å². The van der Waals surface area contributed by atoms with Crippen molar-refractivity contribution in [1.82, 2.24) is 0 Å². The summed E-state index contributed by atoms with van der Waals surface area (Å²) in [5, 5.41) is 19.4. The standard InChI is InChI=1S/C12H12BrF3O5/c1-2-20-11(19)10(18)9(17)7-4-3-6(13)5-8(7)21-12(14,15)16/h3-5,9-10,17-18H,2H2,1H3. The second-order valence-electron chi connectivity index (χ2n) is 3.87. The van der Waals surface area contributed by atoms with Crippen LogP contribution in [-0.4, -0.2) is 35.3 Å². The molecule has 0 aliphatic carbocycles. The summed E-state index contributed by atoms with van der Waals surface area (Å²) in [7, 11) is 0. The Bertz CT molecular complexity index is 506. The Morgan fingerprint density at radius 1 is 1.38 bits per heavy atom. The van der Waals surface area contributed by atoms with Crippen LogP contribution in [0.1, 0.15) is 18.6 Å². The summed E-state index contributed by atoms with van der Waals surface area (Å²) in [6.45, 7) is 1.43. The monoisotopic (exact) mass is 372 g/mol. The maximum atomic E-state index is 12.3. The molecule has 0 aromatic heterocycles. The molecule has 0 heterocycles. The number of alkyl halides is 3. The van der Waals surface area contributed by atoms with Crippen LogP contribution in [0.15, 0.2) is 22.7 Å². The van der Waals surface area contributed by atoms with Crippen molar-refractivity contribution < 1.29 is 37.7 Å². The molecule has 1 aromatic rings. The van der Waals surface area contributed by atoms with Gasteiger partial charge >= 0.3 is 12.3 Å². The van der Waals surface area contributed by atoms with Crippen LogP contribution < -0.4 is 4.74 Å². The van der Waals surface area contributed by atoms with E-state index in [0.29, 0.717) is 0 Å². The zero-order valence-corrected chi connectivity index (χ0v) is 12.3. The number of benzene rings is 1. The van der Waals surface area contributed by atoms with Crippen LogP contribution in [0.3, 0.4) is 0 Å². The zero-order valence-electron chi connectivity index (χ0n) is 10.7. The fraction of sp³-hybridized carbons (Fsp3) is 0.417. The van der Waals surface area contributed by atoms with Crippen LogP contribution in [0.5, 0.6) is 5.75 Å².